The van der Waals surface area contributed by atoms with E-state index >= 15 is 0 Å². The fourth-order valence-electron chi connectivity index (χ4n) is 1.28. The van der Waals surface area contributed by atoms with Gasteiger partial charge in [0.05, 0.1) is 11.2 Å². The van der Waals surface area contributed by atoms with Crippen molar-refractivity contribution in [1.29, 1.82) is 0 Å². The lowest BCUT2D eigenvalue weighted by molar-refractivity contribution is 0.0518. The first-order valence-electron chi connectivity index (χ1n) is 5.99. The number of nitrogens with one attached hydrogen (secondary N) is 1. The standard InChI is InChI=1S/C13H21N3O2/c1-5-13(2,18)9-15-12(17)10-6-7-11(14-8-10)16(3)4/h6-8,18H,5,9H2,1-4H3,(H,15,17). The van der Waals surface area contributed by atoms with Crippen molar-refractivity contribution < 1.29 is 9.90 Å². The zero-order valence-corrected chi connectivity index (χ0v) is 11.4. The topological polar surface area (TPSA) is 65.5 Å². The van der Waals surface area contributed by atoms with Gasteiger partial charge in [-0.1, -0.05) is 6.92 Å². The molecule has 0 fully saturated rings. The molecule has 2 N–H and O–H groups in total. The van der Waals surface area contributed by atoms with Gasteiger partial charge in [0.2, 0.25) is 0 Å². The molecule has 1 aromatic heterocycles. The van der Waals surface area contributed by atoms with Gasteiger partial charge >= 0.3 is 0 Å². The van der Waals surface area contributed by atoms with Gasteiger partial charge in [-0.25, -0.2) is 4.98 Å². The quantitative estimate of drug-likeness (QED) is 0.820. The zero-order valence-electron chi connectivity index (χ0n) is 11.4. The number of rotatable bonds is 5. The van der Waals surface area contributed by atoms with Crippen molar-refractivity contribution in [2.45, 2.75) is 25.9 Å². The van der Waals surface area contributed by atoms with E-state index in [0.29, 0.717) is 12.0 Å². The van der Waals surface area contributed by atoms with Gasteiger partial charge in [0.1, 0.15) is 5.82 Å². The predicted octanol–water partition coefficient (Wildman–Crippen LogP) is 1.04. The molecular formula is C13H21N3O2. The van der Waals surface area contributed by atoms with E-state index in [9.17, 15) is 9.90 Å². The molecule has 1 atom stereocenters. The molecule has 0 saturated carbocycles. The van der Waals surface area contributed by atoms with Crippen LogP contribution in [0.1, 0.15) is 30.6 Å². The summed E-state index contributed by atoms with van der Waals surface area (Å²) in [6, 6.07) is 3.51. The smallest absolute Gasteiger partial charge is 0.252 e. The van der Waals surface area contributed by atoms with Crippen LogP contribution in [0.3, 0.4) is 0 Å². The van der Waals surface area contributed by atoms with Crippen molar-refractivity contribution in [1.82, 2.24) is 10.3 Å². The minimum atomic E-state index is -0.868. The summed E-state index contributed by atoms with van der Waals surface area (Å²) < 4.78 is 0. The third-order valence-corrected chi connectivity index (χ3v) is 2.86. The van der Waals surface area contributed by atoms with Crippen LogP contribution in [0, 0.1) is 0 Å². The fourth-order valence-corrected chi connectivity index (χ4v) is 1.28. The third kappa shape index (κ3) is 4.00. The van der Waals surface area contributed by atoms with Gasteiger partial charge in [-0.15, -0.1) is 0 Å². The summed E-state index contributed by atoms with van der Waals surface area (Å²) in [5, 5.41) is 12.5. The fraction of sp³-hybridized carbons (Fsp3) is 0.538. The van der Waals surface area contributed by atoms with E-state index in [-0.39, 0.29) is 12.5 Å². The van der Waals surface area contributed by atoms with Gasteiger partial charge in [-0.3, -0.25) is 4.79 Å². The van der Waals surface area contributed by atoms with E-state index in [2.05, 4.69) is 10.3 Å². The van der Waals surface area contributed by atoms with Crippen molar-refractivity contribution in [2.75, 3.05) is 25.5 Å². The molecule has 5 nitrogen and oxygen atoms in total. The summed E-state index contributed by atoms with van der Waals surface area (Å²) in [6.45, 7) is 3.80. The number of carbonyl (C=O) groups excluding carboxylic acids is 1. The van der Waals surface area contributed by atoms with E-state index < -0.39 is 5.60 Å². The minimum Gasteiger partial charge on any atom is -0.388 e. The number of aromatic nitrogens is 1. The highest BCUT2D eigenvalue weighted by atomic mass is 16.3. The average Bonchev–Trinajstić information content (AvgIpc) is 2.36. The molecule has 0 saturated heterocycles. The molecule has 0 spiro atoms. The molecule has 1 aromatic rings. The number of carbonyl (C=O) groups is 1. The van der Waals surface area contributed by atoms with Gasteiger partial charge in [0, 0.05) is 26.8 Å². The van der Waals surface area contributed by atoms with Crippen LogP contribution in [-0.2, 0) is 0 Å². The Hall–Kier alpha value is -1.62. The van der Waals surface area contributed by atoms with Gasteiger partial charge in [-0.05, 0) is 25.5 Å². The second kappa shape index (κ2) is 5.82. The number of hydrogen-bond donors (Lipinski definition) is 2. The number of nitrogens with zero attached hydrogens (tertiary/aromatic N) is 2. The number of amides is 1. The number of hydrogen-bond acceptors (Lipinski definition) is 4. The Bertz CT molecular complexity index is 399. The van der Waals surface area contributed by atoms with Crippen LogP contribution < -0.4 is 10.2 Å². The summed E-state index contributed by atoms with van der Waals surface area (Å²) >= 11 is 0. The summed E-state index contributed by atoms with van der Waals surface area (Å²) in [5.41, 5.74) is -0.375. The molecule has 1 amide bonds. The van der Waals surface area contributed by atoms with Crippen LogP contribution >= 0.6 is 0 Å². The second-order valence-electron chi connectivity index (χ2n) is 4.83. The molecule has 0 aliphatic heterocycles. The van der Waals surface area contributed by atoms with Gasteiger partial charge in [0.25, 0.3) is 5.91 Å². The van der Waals surface area contributed by atoms with Crippen molar-refractivity contribution in [3.05, 3.63) is 23.9 Å². The van der Waals surface area contributed by atoms with Gasteiger partial charge in [-0.2, -0.15) is 0 Å². The van der Waals surface area contributed by atoms with Crippen molar-refractivity contribution in [3.63, 3.8) is 0 Å². The van der Waals surface area contributed by atoms with E-state index in [1.54, 1.807) is 19.1 Å². The van der Waals surface area contributed by atoms with E-state index in [0.717, 1.165) is 5.82 Å². The van der Waals surface area contributed by atoms with Gasteiger partial charge in [0.15, 0.2) is 0 Å². The highest BCUT2D eigenvalue weighted by molar-refractivity contribution is 5.94. The lowest BCUT2D eigenvalue weighted by Gasteiger charge is -2.21. The molecule has 18 heavy (non-hydrogen) atoms. The van der Waals surface area contributed by atoms with Crippen LogP contribution in [0.5, 0.6) is 0 Å². The first-order valence-corrected chi connectivity index (χ1v) is 5.99. The molecule has 0 bridgehead atoms. The van der Waals surface area contributed by atoms with Crippen LogP contribution in [0.2, 0.25) is 0 Å². The minimum absolute atomic E-state index is 0.221. The highest BCUT2D eigenvalue weighted by Gasteiger charge is 2.18. The van der Waals surface area contributed by atoms with Crippen molar-refractivity contribution in [2.24, 2.45) is 0 Å². The maximum absolute atomic E-state index is 11.8. The van der Waals surface area contributed by atoms with E-state index in [1.165, 1.54) is 6.20 Å². The number of anilines is 1. The van der Waals surface area contributed by atoms with Crippen molar-refractivity contribution >= 4 is 11.7 Å². The second-order valence-corrected chi connectivity index (χ2v) is 4.83. The summed E-state index contributed by atoms with van der Waals surface area (Å²) in [4.78, 5) is 17.8. The molecule has 100 valence electrons. The first kappa shape index (κ1) is 14.4. The maximum atomic E-state index is 11.8. The normalized spacial score (nSPS) is 13.8. The molecule has 1 heterocycles. The van der Waals surface area contributed by atoms with Crippen molar-refractivity contribution in [3.8, 4) is 0 Å². The predicted molar refractivity (Wildman–Crippen MR) is 71.8 cm³/mol. The molecule has 0 radical (unpaired) electrons. The molecule has 0 aliphatic rings. The summed E-state index contributed by atoms with van der Waals surface area (Å²) in [7, 11) is 3.78. The van der Waals surface area contributed by atoms with E-state index in [1.807, 2.05) is 25.9 Å². The Kier molecular flexibility index (Phi) is 4.67. The number of aliphatic hydroxyl groups is 1. The summed E-state index contributed by atoms with van der Waals surface area (Å²) in [5.74, 6) is 0.577. The molecule has 0 aromatic carbocycles. The van der Waals surface area contributed by atoms with Crippen LogP contribution in [0.4, 0.5) is 5.82 Å². The monoisotopic (exact) mass is 251 g/mol. The van der Waals surface area contributed by atoms with Gasteiger partial charge < -0.3 is 15.3 Å². The molecule has 1 unspecified atom stereocenters. The van der Waals surface area contributed by atoms with Crippen LogP contribution in [0.15, 0.2) is 18.3 Å². The Morgan fingerprint density at radius 2 is 2.17 bits per heavy atom. The van der Waals surface area contributed by atoms with E-state index in [4.69, 9.17) is 0 Å². The lowest BCUT2D eigenvalue weighted by Crippen LogP contribution is -2.40. The average molecular weight is 251 g/mol. The molecule has 1 rings (SSSR count). The first-order chi connectivity index (χ1) is 8.35. The highest BCUT2D eigenvalue weighted by Crippen LogP contribution is 2.09. The maximum Gasteiger partial charge on any atom is 0.252 e. The SMILES string of the molecule is CCC(C)(O)CNC(=O)c1ccc(N(C)C)nc1. The Morgan fingerprint density at radius 3 is 2.61 bits per heavy atom. The summed E-state index contributed by atoms with van der Waals surface area (Å²) in [6.07, 6.45) is 2.12. The molecule has 0 aliphatic carbocycles. The third-order valence-electron chi connectivity index (χ3n) is 2.86. The molecular weight excluding hydrogens is 230 g/mol. The zero-order chi connectivity index (χ0) is 13.8. The van der Waals surface area contributed by atoms with Crippen LogP contribution in [0.25, 0.3) is 0 Å². The number of pyridine rings is 1. The lowest BCUT2D eigenvalue weighted by atomic mass is 10.0. The Morgan fingerprint density at radius 1 is 1.50 bits per heavy atom. The Labute approximate surface area is 108 Å². The van der Waals surface area contributed by atoms with Crippen LogP contribution in [-0.4, -0.2) is 42.2 Å². The largest absolute Gasteiger partial charge is 0.388 e. The molecule has 5 heteroatoms. The Balaban J connectivity index is 2.62.